The second kappa shape index (κ2) is 7.21. The number of carboxylic acids is 1. The van der Waals surface area contributed by atoms with Crippen LogP contribution in [0.3, 0.4) is 0 Å². The lowest BCUT2D eigenvalue weighted by Crippen LogP contribution is -2.53. The zero-order chi connectivity index (χ0) is 17.9. The molecule has 2 rings (SSSR count). The Hall–Kier alpha value is -2.09. The molecule has 1 saturated heterocycles. The van der Waals surface area contributed by atoms with Gasteiger partial charge in [-0.25, -0.2) is 0 Å². The molecule has 1 unspecified atom stereocenters. The van der Waals surface area contributed by atoms with E-state index in [1.165, 1.54) is 17.0 Å². The van der Waals surface area contributed by atoms with Gasteiger partial charge in [-0.15, -0.1) is 0 Å². The minimum Gasteiger partial charge on any atom is -0.480 e. The maximum absolute atomic E-state index is 12.5. The fourth-order valence-corrected chi connectivity index (χ4v) is 2.81. The number of amides is 1. The monoisotopic (exact) mass is 344 g/mol. The number of carbonyl (C=O) groups excluding carboxylic acids is 1. The Bertz CT molecular complexity index is 594. The van der Waals surface area contributed by atoms with Crippen molar-refractivity contribution in [2.24, 2.45) is 0 Å². The first-order valence-electron chi connectivity index (χ1n) is 7.67. The van der Waals surface area contributed by atoms with Crippen LogP contribution < -0.4 is 0 Å². The quantitative estimate of drug-likeness (QED) is 0.911. The summed E-state index contributed by atoms with van der Waals surface area (Å²) in [5.41, 5.74) is -0.599. The third-order valence-corrected chi connectivity index (χ3v) is 4.17. The Balaban J connectivity index is 1.99. The molecule has 0 aliphatic carbocycles. The maximum Gasteiger partial charge on any atom is 0.416 e. The summed E-state index contributed by atoms with van der Waals surface area (Å²) in [6.45, 7) is 3.35. The van der Waals surface area contributed by atoms with E-state index in [0.717, 1.165) is 12.1 Å². The smallest absolute Gasteiger partial charge is 0.416 e. The summed E-state index contributed by atoms with van der Waals surface area (Å²) in [6.07, 6.45) is -3.96. The van der Waals surface area contributed by atoms with Gasteiger partial charge in [0.15, 0.2) is 0 Å². The molecule has 1 amide bonds. The molecule has 8 heteroatoms. The second-order valence-corrected chi connectivity index (χ2v) is 5.67. The van der Waals surface area contributed by atoms with Crippen LogP contribution in [0.1, 0.15) is 29.3 Å². The first kappa shape index (κ1) is 18.3. The van der Waals surface area contributed by atoms with Gasteiger partial charge in [0, 0.05) is 31.7 Å². The minimum atomic E-state index is -4.43. The van der Waals surface area contributed by atoms with Crippen LogP contribution in [0.2, 0.25) is 0 Å². The van der Waals surface area contributed by atoms with Gasteiger partial charge in [0.1, 0.15) is 6.04 Å². The lowest BCUT2D eigenvalue weighted by Gasteiger charge is -2.37. The van der Waals surface area contributed by atoms with Crippen LogP contribution in [-0.4, -0.2) is 59.0 Å². The number of alkyl halides is 3. The average Bonchev–Trinajstić information content (AvgIpc) is 2.54. The molecular formula is C16H19F3N2O3. The molecule has 1 atom stereocenters. The van der Waals surface area contributed by atoms with Crippen molar-refractivity contribution in [1.82, 2.24) is 9.80 Å². The fourth-order valence-electron chi connectivity index (χ4n) is 2.81. The Morgan fingerprint density at radius 1 is 1.12 bits per heavy atom. The van der Waals surface area contributed by atoms with Gasteiger partial charge in [0.05, 0.1) is 5.56 Å². The maximum atomic E-state index is 12.5. The summed E-state index contributed by atoms with van der Waals surface area (Å²) >= 11 is 0. The van der Waals surface area contributed by atoms with E-state index in [1.54, 1.807) is 11.8 Å². The first-order valence-corrected chi connectivity index (χ1v) is 7.67. The predicted octanol–water partition coefficient (Wildman–Crippen LogP) is 2.33. The van der Waals surface area contributed by atoms with Gasteiger partial charge < -0.3 is 10.0 Å². The highest BCUT2D eigenvalue weighted by atomic mass is 19.4. The van der Waals surface area contributed by atoms with E-state index in [4.69, 9.17) is 5.11 Å². The highest BCUT2D eigenvalue weighted by molar-refractivity contribution is 5.94. The summed E-state index contributed by atoms with van der Waals surface area (Å²) in [6, 6.07) is 3.54. The molecule has 132 valence electrons. The van der Waals surface area contributed by atoms with E-state index in [2.05, 4.69) is 0 Å². The van der Waals surface area contributed by atoms with Gasteiger partial charge in [0.2, 0.25) is 0 Å². The molecule has 0 radical (unpaired) electrons. The minimum absolute atomic E-state index is 0.196. The number of rotatable bonds is 4. The van der Waals surface area contributed by atoms with Crippen LogP contribution in [0.15, 0.2) is 24.3 Å². The molecular weight excluding hydrogens is 325 g/mol. The van der Waals surface area contributed by atoms with E-state index in [0.29, 0.717) is 32.6 Å². The molecule has 1 aromatic rings. The molecule has 0 spiro atoms. The Morgan fingerprint density at radius 3 is 2.08 bits per heavy atom. The zero-order valence-corrected chi connectivity index (χ0v) is 13.2. The van der Waals surface area contributed by atoms with Gasteiger partial charge in [-0.05, 0) is 30.7 Å². The second-order valence-electron chi connectivity index (χ2n) is 5.67. The van der Waals surface area contributed by atoms with Crippen molar-refractivity contribution in [3.8, 4) is 0 Å². The summed E-state index contributed by atoms with van der Waals surface area (Å²) < 4.78 is 37.6. The number of aliphatic carboxylic acids is 1. The number of carbonyl (C=O) groups is 2. The molecule has 0 aromatic heterocycles. The molecule has 24 heavy (non-hydrogen) atoms. The van der Waals surface area contributed by atoms with Crippen molar-refractivity contribution in [1.29, 1.82) is 0 Å². The summed E-state index contributed by atoms with van der Waals surface area (Å²) in [7, 11) is 0. The number of piperazine rings is 1. The number of halogens is 3. The predicted molar refractivity (Wildman–Crippen MR) is 80.6 cm³/mol. The summed E-state index contributed by atoms with van der Waals surface area (Å²) in [5.74, 6) is -1.23. The van der Waals surface area contributed by atoms with Crippen LogP contribution in [-0.2, 0) is 11.0 Å². The number of carboxylic acid groups (broad SMARTS) is 1. The van der Waals surface area contributed by atoms with Crippen LogP contribution in [0.4, 0.5) is 13.2 Å². The van der Waals surface area contributed by atoms with Crippen LogP contribution >= 0.6 is 0 Å². The van der Waals surface area contributed by atoms with E-state index < -0.39 is 23.8 Å². The molecule has 1 heterocycles. The largest absolute Gasteiger partial charge is 0.480 e. The molecule has 0 saturated carbocycles. The number of nitrogens with zero attached hydrogens (tertiary/aromatic N) is 2. The topological polar surface area (TPSA) is 60.9 Å². The molecule has 1 aromatic carbocycles. The van der Waals surface area contributed by atoms with E-state index in [1.807, 2.05) is 0 Å². The number of hydrogen-bond donors (Lipinski definition) is 1. The average molecular weight is 344 g/mol. The lowest BCUT2D eigenvalue weighted by molar-refractivity contribution is -0.144. The summed E-state index contributed by atoms with van der Waals surface area (Å²) in [4.78, 5) is 26.9. The standard InChI is InChI=1S/C16H19F3N2O3/c1-2-13(15(23)24)20-7-9-21(10-8-20)14(22)11-3-5-12(6-4-11)16(17,18)19/h3-6,13H,2,7-10H2,1H3,(H,23,24). The molecule has 1 N–H and O–H groups in total. The van der Waals surface area contributed by atoms with E-state index in [9.17, 15) is 22.8 Å². The SMILES string of the molecule is CCC(C(=O)O)N1CCN(C(=O)c2ccc(C(F)(F)F)cc2)CC1. The molecule has 0 bridgehead atoms. The van der Waals surface area contributed by atoms with Gasteiger partial charge >= 0.3 is 12.1 Å². The lowest BCUT2D eigenvalue weighted by atomic mass is 10.1. The molecule has 1 aliphatic heterocycles. The van der Waals surface area contributed by atoms with Crippen LogP contribution in [0.5, 0.6) is 0 Å². The van der Waals surface area contributed by atoms with Gasteiger partial charge in [-0.3, -0.25) is 14.5 Å². The highest BCUT2D eigenvalue weighted by Crippen LogP contribution is 2.29. The van der Waals surface area contributed by atoms with E-state index in [-0.39, 0.29) is 11.5 Å². The first-order chi connectivity index (χ1) is 11.2. The highest BCUT2D eigenvalue weighted by Gasteiger charge is 2.31. The third-order valence-electron chi connectivity index (χ3n) is 4.17. The molecule has 1 aliphatic rings. The van der Waals surface area contributed by atoms with Gasteiger partial charge in [-0.1, -0.05) is 6.92 Å². The number of hydrogen-bond acceptors (Lipinski definition) is 3. The fraction of sp³-hybridized carbons (Fsp3) is 0.500. The van der Waals surface area contributed by atoms with Crippen molar-refractivity contribution in [2.75, 3.05) is 26.2 Å². The number of benzene rings is 1. The normalized spacial score (nSPS) is 17.6. The van der Waals surface area contributed by atoms with Crippen LogP contribution in [0.25, 0.3) is 0 Å². The van der Waals surface area contributed by atoms with Crippen molar-refractivity contribution < 1.29 is 27.9 Å². The summed E-state index contributed by atoms with van der Waals surface area (Å²) in [5, 5.41) is 9.16. The Kier molecular flexibility index (Phi) is 5.48. The zero-order valence-electron chi connectivity index (χ0n) is 13.2. The third kappa shape index (κ3) is 4.05. The van der Waals surface area contributed by atoms with Gasteiger partial charge in [0.25, 0.3) is 5.91 Å². The van der Waals surface area contributed by atoms with Crippen molar-refractivity contribution in [3.63, 3.8) is 0 Å². The Morgan fingerprint density at radius 2 is 1.67 bits per heavy atom. The Labute approximate surface area is 137 Å². The van der Waals surface area contributed by atoms with Crippen molar-refractivity contribution in [2.45, 2.75) is 25.6 Å². The molecule has 5 nitrogen and oxygen atoms in total. The van der Waals surface area contributed by atoms with Crippen LogP contribution in [0, 0.1) is 0 Å². The molecule has 1 fully saturated rings. The van der Waals surface area contributed by atoms with Crippen molar-refractivity contribution in [3.05, 3.63) is 35.4 Å². The van der Waals surface area contributed by atoms with Gasteiger partial charge in [-0.2, -0.15) is 13.2 Å². The van der Waals surface area contributed by atoms with E-state index >= 15 is 0 Å². The van der Waals surface area contributed by atoms with Crippen molar-refractivity contribution >= 4 is 11.9 Å².